The van der Waals surface area contributed by atoms with Gasteiger partial charge in [-0.25, -0.2) is 0 Å². The normalized spacial score (nSPS) is 11.2. The first-order valence-corrected chi connectivity index (χ1v) is 9.04. The third kappa shape index (κ3) is 3.56. The second-order valence-corrected chi connectivity index (χ2v) is 7.11. The molecule has 1 aromatic carbocycles. The van der Waals surface area contributed by atoms with Gasteiger partial charge < -0.3 is 0 Å². The maximum absolute atomic E-state index is 4.58. The standard InChI is InChI=1S/C20H23NS/c1-3-4-5-6-7-18-11-13-20(22-18)17-10-12-19-16(14-17)9-8-15(2)21-19/h8-14H,3-7H2,1-2H3. The summed E-state index contributed by atoms with van der Waals surface area (Å²) in [5, 5.41) is 1.22. The van der Waals surface area contributed by atoms with Gasteiger partial charge in [0, 0.05) is 20.8 Å². The molecule has 0 spiro atoms. The lowest BCUT2D eigenvalue weighted by Gasteiger charge is -2.02. The van der Waals surface area contributed by atoms with Crippen LogP contribution in [-0.2, 0) is 6.42 Å². The van der Waals surface area contributed by atoms with Crippen LogP contribution in [0.25, 0.3) is 21.3 Å². The molecule has 3 aromatic rings. The van der Waals surface area contributed by atoms with E-state index in [1.807, 2.05) is 18.3 Å². The van der Waals surface area contributed by atoms with Gasteiger partial charge in [0.25, 0.3) is 0 Å². The van der Waals surface area contributed by atoms with E-state index in [-0.39, 0.29) is 0 Å². The van der Waals surface area contributed by atoms with Crippen LogP contribution in [-0.4, -0.2) is 4.98 Å². The molecule has 1 nitrogen and oxygen atoms in total. The minimum Gasteiger partial charge on any atom is -0.253 e. The van der Waals surface area contributed by atoms with Crippen LogP contribution in [0.2, 0.25) is 0 Å². The van der Waals surface area contributed by atoms with Gasteiger partial charge in [0.2, 0.25) is 0 Å². The van der Waals surface area contributed by atoms with E-state index in [1.165, 1.54) is 52.8 Å². The Morgan fingerprint density at radius 3 is 2.73 bits per heavy atom. The number of aryl methyl sites for hydroxylation is 2. The van der Waals surface area contributed by atoms with Crippen molar-refractivity contribution in [1.29, 1.82) is 0 Å². The van der Waals surface area contributed by atoms with E-state index >= 15 is 0 Å². The molecule has 114 valence electrons. The van der Waals surface area contributed by atoms with Crippen molar-refractivity contribution in [3.63, 3.8) is 0 Å². The zero-order valence-electron chi connectivity index (χ0n) is 13.4. The molecule has 0 atom stereocenters. The molecular weight excluding hydrogens is 286 g/mol. The van der Waals surface area contributed by atoms with E-state index in [1.54, 1.807) is 0 Å². The fourth-order valence-corrected chi connectivity index (χ4v) is 3.82. The van der Waals surface area contributed by atoms with Crippen molar-refractivity contribution >= 4 is 22.2 Å². The molecular formula is C20H23NS. The second-order valence-electron chi connectivity index (χ2n) is 5.94. The summed E-state index contributed by atoms with van der Waals surface area (Å²) in [7, 11) is 0. The van der Waals surface area contributed by atoms with Crippen molar-refractivity contribution in [2.45, 2.75) is 46.0 Å². The number of hydrogen-bond acceptors (Lipinski definition) is 2. The van der Waals surface area contributed by atoms with E-state index in [4.69, 9.17) is 0 Å². The van der Waals surface area contributed by atoms with Gasteiger partial charge in [-0.1, -0.05) is 38.3 Å². The van der Waals surface area contributed by atoms with Gasteiger partial charge >= 0.3 is 0 Å². The topological polar surface area (TPSA) is 12.9 Å². The van der Waals surface area contributed by atoms with Gasteiger partial charge in [0.05, 0.1) is 5.52 Å². The fourth-order valence-electron chi connectivity index (χ4n) is 2.77. The van der Waals surface area contributed by atoms with Crippen molar-refractivity contribution in [2.24, 2.45) is 0 Å². The highest BCUT2D eigenvalue weighted by Gasteiger charge is 2.05. The smallest absolute Gasteiger partial charge is 0.0705 e. The summed E-state index contributed by atoms with van der Waals surface area (Å²) in [6, 6.07) is 15.4. The van der Waals surface area contributed by atoms with Crippen LogP contribution in [0.1, 0.15) is 43.2 Å². The molecule has 0 bridgehead atoms. The maximum Gasteiger partial charge on any atom is 0.0705 e. The number of rotatable bonds is 6. The summed E-state index contributed by atoms with van der Waals surface area (Å²) in [5.74, 6) is 0. The van der Waals surface area contributed by atoms with E-state index in [0.29, 0.717) is 0 Å². The van der Waals surface area contributed by atoms with E-state index in [2.05, 4.69) is 54.4 Å². The van der Waals surface area contributed by atoms with E-state index in [0.717, 1.165) is 11.2 Å². The van der Waals surface area contributed by atoms with E-state index in [9.17, 15) is 0 Å². The van der Waals surface area contributed by atoms with Crippen molar-refractivity contribution in [1.82, 2.24) is 4.98 Å². The highest BCUT2D eigenvalue weighted by atomic mass is 32.1. The first-order valence-electron chi connectivity index (χ1n) is 8.23. The number of aromatic nitrogens is 1. The minimum absolute atomic E-state index is 1.07. The molecule has 0 aliphatic rings. The van der Waals surface area contributed by atoms with Crippen LogP contribution < -0.4 is 0 Å². The highest BCUT2D eigenvalue weighted by Crippen LogP contribution is 2.31. The molecule has 0 amide bonds. The summed E-state index contributed by atoms with van der Waals surface area (Å²) in [4.78, 5) is 7.45. The van der Waals surface area contributed by atoms with Crippen molar-refractivity contribution in [3.8, 4) is 10.4 Å². The molecule has 0 saturated heterocycles. The first-order chi connectivity index (χ1) is 10.8. The molecule has 2 heteroatoms. The molecule has 0 fully saturated rings. The Kier molecular flexibility index (Phi) is 4.89. The van der Waals surface area contributed by atoms with Crippen LogP contribution in [0.4, 0.5) is 0 Å². The predicted octanol–water partition coefficient (Wildman–Crippen LogP) is 6.39. The molecule has 0 saturated carbocycles. The van der Waals surface area contributed by atoms with Crippen LogP contribution in [0.3, 0.4) is 0 Å². The van der Waals surface area contributed by atoms with Crippen LogP contribution >= 0.6 is 11.3 Å². The van der Waals surface area contributed by atoms with Gasteiger partial charge in [-0.3, -0.25) is 4.98 Å². The van der Waals surface area contributed by atoms with Crippen LogP contribution in [0.15, 0.2) is 42.5 Å². The Bertz CT molecular complexity index is 757. The highest BCUT2D eigenvalue weighted by molar-refractivity contribution is 7.15. The minimum atomic E-state index is 1.07. The summed E-state index contributed by atoms with van der Waals surface area (Å²) in [6.07, 6.45) is 6.55. The average molecular weight is 309 g/mol. The number of unbranched alkanes of at least 4 members (excludes halogenated alkanes) is 3. The third-order valence-corrected chi connectivity index (χ3v) is 5.25. The van der Waals surface area contributed by atoms with Crippen molar-refractivity contribution in [3.05, 3.63) is 53.0 Å². The van der Waals surface area contributed by atoms with E-state index < -0.39 is 0 Å². The van der Waals surface area contributed by atoms with Gasteiger partial charge in [-0.15, -0.1) is 11.3 Å². The maximum atomic E-state index is 4.58. The molecule has 22 heavy (non-hydrogen) atoms. The van der Waals surface area contributed by atoms with Crippen LogP contribution in [0.5, 0.6) is 0 Å². The number of pyridine rings is 1. The van der Waals surface area contributed by atoms with Gasteiger partial charge in [0.1, 0.15) is 0 Å². The quantitative estimate of drug-likeness (QED) is 0.480. The Labute approximate surface area is 137 Å². The number of nitrogens with zero attached hydrogens (tertiary/aromatic N) is 1. The fraction of sp³-hybridized carbons (Fsp3) is 0.350. The monoisotopic (exact) mass is 309 g/mol. The summed E-state index contributed by atoms with van der Waals surface area (Å²) >= 11 is 1.94. The lowest BCUT2D eigenvalue weighted by Crippen LogP contribution is -1.83. The number of fused-ring (bicyclic) bond motifs is 1. The lowest BCUT2D eigenvalue weighted by atomic mass is 10.1. The summed E-state index contributed by atoms with van der Waals surface area (Å²) in [6.45, 7) is 4.30. The Morgan fingerprint density at radius 1 is 0.955 bits per heavy atom. The molecule has 3 rings (SSSR count). The molecule has 0 aliphatic heterocycles. The third-order valence-electron chi connectivity index (χ3n) is 4.05. The van der Waals surface area contributed by atoms with Gasteiger partial charge in [-0.05, 0) is 55.7 Å². The van der Waals surface area contributed by atoms with Crippen molar-refractivity contribution in [2.75, 3.05) is 0 Å². The number of benzene rings is 1. The Hall–Kier alpha value is -1.67. The molecule has 0 radical (unpaired) electrons. The van der Waals surface area contributed by atoms with Gasteiger partial charge in [-0.2, -0.15) is 0 Å². The largest absolute Gasteiger partial charge is 0.253 e. The molecule has 2 aromatic heterocycles. The zero-order valence-corrected chi connectivity index (χ0v) is 14.2. The molecule has 0 unspecified atom stereocenters. The molecule has 0 N–H and O–H groups in total. The summed E-state index contributed by atoms with van der Waals surface area (Å²) < 4.78 is 0. The molecule has 0 aliphatic carbocycles. The number of hydrogen-bond donors (Lipinski definition) is 0. The van der Waals surface area contributed by atoms with Crippen molar-refractivity contribution < 1.29 is 0 Å². The van der Waals surface area contributed by atoms with Gasteiger partial charge in [0.15, 0.2) is 0 Å². The molecule has 2 heterocycles. The van der Waals surface area contributed by atoms with Crippen LogP contribution in [0, 0.1) is 6.92 Å². The summed E-state index contributed by atoms with van der Waals surface area (Å²) in [5.41, 5.74) is 3.47. The predicted molar refractivity (Wildman–Crippen MR) is 97.6 cm³/mol. The second kappa shape index (κ2) is 7.06. The Balaban J connectivity index is 1.76. The average Bonchev–Trinajstić information content (AvgIpc) is 3.00. The number of thiophene rings is 1. The first kappa shape index (κ1) is 15.2. The lowest BCUT2D eigenvalue weighted by molar-refractivity contribution is 0.670. The SMILES string of the molecule is CCCCCCc1ccc(-c2ccc3nc(C)ccc3c2)s1. The zero-order chi connectivity index (χ0) is 15.4. The Morgan fingerprint density at radius 2 is 1.86 bits per heavy atom.